The van der Waals surface area contributed by atoms with Crippen LogP contribution in [0.15, 0.2) is 27.6 Å². The van der Waals surface area contributed by atoms with E-state index in [0.717, 1.165) is 5.56 Å². The van der Waals surface area contributed by atoms with Crippen molar-refractivity contribution < 1.29 is 13.2 Å². The van der Waals surface area contributed by atoms with Crippen LogP contribution in [-0.4, -0.2) is 45.1 Å². The zero-order valence-electron chi connectivity index (χ0n) is 12.5. The number of benzene rings is 1. The fourth-order valence-electron chi connectivity index (χ4n) is 2.39. The molecule has 5 nitrogen and oxygen atoms in total. The molecule has 1 saturated heterocycles. The molecule has 118 valence electrons. The second kappa shape index (κ2) is 6.75. The molecule has 0 bridgehead atoms. The third-order valence-electron chi connectivity index (χ3n) is 3.51. The van der Waals surface area contributed by atoms with Gasteiger partial charge in [0.2, 0.25) is 10.0 Å². The van der Waals surface area contributed by atoms with Gasteiger partial charge in [-0.05, 0) is 54.5 Å². The summed E-state index contributed by atoms with van der Waals surface area (Å²) in [5.74, 6) is 0. The standard InChI is InChI=1S/C14H21BrN2O3S/c1-10-9-20-11(2)8-17(10)21(18,19)14-6-12(7-16-3)4-5-13(14)15/h4-6,10-11,16H,7-9H2,1-3H3. The summed E-state index contributed by atoms with van der Waals surface area (Å²) < 4.78 is 33.5. The van der Waals surface area contributed by atoms with Gasteiger partial charge >= 0.3 is 0 Å². The molecule has 1 heterocycles. The van der Waals surface area contributed by atoms with Crippen LogP contribution in [0.2, 0.25) is 0 Å². The Kier molecular flexibility index (Phi) is 5.43. The lowest BCUT2D eigenvalue weighted by Crippen LogP contribution is -2.50. The van der Waals surface area contributed by atoms with Crippen LogP contribution >= 0.6 is 15.9 Å². The molecule has 1 fully saturated rings. The summed E-state index contributed by atoms with van der Waals surface area (Å²) in [4.78, 5) is 0.316. The molecule has 1 aromatic rings. The highest BCUT2D eigenvalue weighted by atomic mass is 79.9. The van der Waals surface area contributed by atoms with E-state index in [1.165, 1.54) is 4.31 Å². The van der Waals surface area contributed by atoms with Crippen LogP contribution < -0.4 is 5.32 Å². The molecule has 1 N–H and O–H groups in total. The molecule has 2 atom stereocenters. The first kappa shape index (κ1) is 16.9. The Morgan fingerprint density at radius 1 is 1.43 bits per heavy atom. The summed E-state index contributed by atoms with van der Waals surface area (Å²) >= 11 is 3.36. The van der Waals surface area contributed by atoms with Crippen molar-refractivity contribution >= 4 is 26.0 Å². The van der Waals surface area contributed by atoms with E-state index >= 15 is 0 Å². The average Bonchev–Trinajstić information content (AvgIpc) is 2.43. The van der Waals surface area contributed by atoms with Crippen molar-refractivity contribution in [2.45, 2.75) is 37.4 Å². The van der Waals surface area contributed by atoms with E-state index in [4.69, 9.17) is 4.74 Å². The van der Waals surface area contributed by atoms with E-state index in [1.54, 1.807) is 12.1 Å². The molecular formula is C14H21BrN2O3S. The van der Waals surface area contributed by atoms with Crippen molar-refractivity contribution in [3.63, 3.8) is 0 Å². The van der Waals surface area contributed by atoms with Crippen LogP contribution in [0, 0.1) is 0 Å². The second-order valence-electron chi connectivity index (χ2n) is 5.36. The number of nitrogens with one attached hydrogen (secondary N) is 1. The summed E-state index contributed by atoms with van der Waals surface area (Å²) in [6.07, 6.45) is -0.0877. The molecule has 1 aliphatic rings. The van der Waals surface area contributed by atoms with Crippen LogP contribution in [0.3, 0.4) is 0 Å². The summed E-state index contributed by atoms with van der Waals surface area (Å²) in [5.41, 5.74) is 0.938. The van der Waals surface area contributed by atoms with Crippen LogP contribution in [0.4, 0.5) is 0 Å². The molecule has 0 spiro atoms. The van der Waals surface area contributed by atoms with Gasteiger partial charge in [0.1, 0.15) is 0 Å². The van der Waals surface area contributed by atoms with Crippen molar-refractivity contribution in [3.8, 4) is 0 Å². The largest absolute Gasteiger partial charge is 0.375 e. The topological polar surface area (TPSA) is 58.6 Å². The summed E-state index contributed by atoms with van der Waals surface area (Å²) in [5, 5.41) is 3.03. The molecule has 0 radical (unpaired) electrons. The van der Waals surface area contributed by atoms with E-state index < -0.39 is 10.0 Å². The van der Waals surface area contributed by atoms with Crippen LogP contribution in [-0.2, 0) is 21.3 Å². The van der Waals surface area contributed by atoms with Gasteiger partial charge in [-0.2, -0.15) is 4.31 Å². The highest BCUT2D eigenvalue weighted by Crippen LogP contribution is 2.29. The number of ether oxygens (including phenoxy) is 1. The number of halogens is 1. The number of rotatable bonds is 4. The fourth-order valence-corrected chi connectivity index (χ4v) is 5.06. The molecule has 0 aromatic heterocycles. The lowest BCUT2D eigenvalue weighted by molar-refractivity contribution is -0.0170. The van der Waals surface area contributed by atoms with Crippen molar-refractivity contribution in [2.75, 3.05) is 20.2 Å². The average molecular weight is 377 g/mol. The van der Waals surface area contributed by atoms with Gasteiger partial charge in [-0.1, -0.05) is 6.07 Å². The van der Waals surface area contributed by atoms with Gasteiger partial charge in [-0.15, -0.1) is 0 Å². The number of nitrogens with zero attached hydrogens (tertiary/aromatic N) is 1. The first-order valence-electron chi connectivity index (χ1n) is 6.92. The minimum atomic E-state index is -3.54. The van der Waals surface area contributed by atoms with E-state index in [2.05, 4.69) is 21.2 Å². The van der Waals surface area contributed by atoms with E-state index in [9.17, 15) is 8.42 Å². The SMILES string of the molecule is CNCc1ccc(Br)c(S(=O)(=O)N2CC(C)OCC2C)c1. The fraction of sp³-hybridized carbons (Fsp3) is 0.571. The first-order chi connectivity index (χ1) is 9.86. The lowest BCUT2D eigenvalue weighted by atomic mass is 10.2. The maximum absolute atomic E-state index is 12.9. The maximum atomic E-state index is 12.9. The number of morpholine rings is 1. The minimum Gasteiger partial charge on any atom is -0.375 e. The van der Waals surface area contributed by atoms with Crippen molar-refractivity contribution in [3.05, 3.63) is 28.2 Å². The molecule has 1 aromatic carbocycles. The lowest BCUT2D eigenvalue weighted by Gasteiger charge is -2.35. The minimum absolute atomic E-state index is 0.0877. The Morgan fingerprint density at radius 2 is 2.14 bits per heavy atom. The number of sulfonamides is 1. The predicted octanol–water partition coefficient (Wildman–Crippen LogP) is 1.97. The molecule has 21 heavy (non-hydrogen) atoms. The van der Waals surface area contributed by atoms with Gasteiger partial charge in [-0.25, -0.2) is 8.42 Å². The monoisotopic (exact) mass is 376 g/mol. The maximum Gasteiger partial charge on any atom is 0.244 e. The zero-order chi connectivity index (χ0) is 15.6. The van der Waals surface area contributed by atoms with Gasteiger partial charge in [0.05, 0.1) is 17.6 Å². The normalized spacial score (nSPS) is 24.2. The Labute approximate surface area is 134 Å². The third-order valence-corrected chi connectivity index (χ3v) is 6.49. The van der Waals surface area contributed by atoms with Gasteiger partial charge in [0.15, 0.2) is 0 Å². The van der Waals surface area contributed by atoms with Crippen molar-refractivity contribution in [1.82, 2.24) is 9.62 Å². The molecule has 0 amide bonds. The molecule has 2 unspecified atom stereocenters. The van der Waals surface area contributed by atoms with Crippen molar-refractivity contribution in [2.24, 2.45) is 0 Å². The first-order valence-corrected chi connectivity index (χ1v) is 9.16. The quantitative estimate of drug-likeness (QED) is 0.872. The highest BCUT2D eigenvalue weighted by molar-refractivity contribution is 9.10. The Morgan fingerprint density at radius 3 is 2.81 bits per heavy atom. The van der Waals surface area contributed by atoms with Crippen LogP contribution in [0.5, 0.6) is 0 Å². The molecule has 1 aliphatic heterocycles. The third kappa shape index (κ3) is 3.65. The summed E-state index contributed by atoms with van der Waals surface area (Å²) in [6, 6.07) is 5.26. The molecular weight excluding hydrogens is 356 g/mol. The van der Waals surface area contributed by atoms with Gasteiger partial charge in [0.25, 0.3) is 0 Å². The molecule has 2 rings (SSSR count). The highest BCUT2D eigenvalue weighted by Gasteiger charge is 2.35. The smallest absolute Gasteiger partial charge is 0.244 e. The van der Waals surface area contributed by atoms with E-state index in [0.29, 0.717) is 29.1 Å². The predicted molar refractivity (Wildman–Crippen MR) is 85.7 cm³/mol. The number of hydrogen-bond acceptors (Lipinski definition) is 4. The van der Waals surface area contributed by atoms with E-state index in [-0.39, 0.29) is 12.1 Å². The second-order valence-corrected chi connectivity index (χ2v) is 8.08. The molecule has 0 aliphatic carbocycles. The zero-order valence-corrected chi connectivity index (χ0v) is 14.9. The Balaban J connectivity index is 2.40. The van der Waals surface area contributed by atoms with E-state index in [1.807, 2.05) is 27.0 Å². The number of hydrogen-bond donors (Lipinski definition) is 1. The molecule has 0 saturated carbocycles. The summed E-state index contributed by atoms with van der Waals surface area (Å²) in [6.45, 7) is 5.20. The molecule has 7 heteroatoms. The summed E-state index contributed by atoms with van der Waals surface area (Å²) in [7, 11) is -1.70. The van der Waals surface area contributed by atoms with Gasteiger partial charge in [-0.3, -0.25) is 0 Å². The Bertz CT molecular complexity index is 606. The Hall–Kier alpha value is -0.470. The van der Waals surface area contributed by atoms with Crippen LogP contribution in [0.1, 0.15) is 19.4 Å². The van der Waals surface area contributed by atoms with Gasteiger partial charge in [0, 0.05) is 23.6 Å². The van der Waals surface area contributed by atoms with Crippen LogP contribution in [0.25, 0.3) is 0 Å². The van der Waals surface area contributed by atoms with Crippen molar-refractivity contribution in [1.29, 1.82) is 0 Å². The van der Waals surface area contributed by atoms with Gasteiger partial charge < -0.3 is 10.1 Å².